The number of methoxy groups -OCH3 is 1. The second kappa shape index (κ2) is 11.2. The fourth-order valence-electron chi connectivity index (χ4n) is 4.28. The standard InChI is InChI=1S/C29H27N3O6/c1-18-14-20(22-6-3-4-7-23(22)30-18)17-37-21-11-9-19(10-12-21)24-15-27(38-32-24)25(16-28(33)35-2)31-29(34)26-8-5-13-36-26/h3-15,25,27,32H,16-17H2,1-2H3,(H,31,34). The second-order valence-electron chi connectivity index (χ2n) is 8.86. The third-order valence-corrected chi connectivity index (χ3v) is 6.20. The van der Waals surface area contributed by atoms with E-state index in [-0.39, 0.29) is 12.2 Å². The maximum Gasteiger partial charge on any atom is 0.307 e. The molecule has 0 fully saturated rings. The van der Waals surface area contributed by atoms with E-state index in [2.05, 4.69) is 15.8 Å². The van der Waals surface area contributed by atoms with E-state index in [1.54, 1.807) is 12.1 Å². The van der Waals surface area contributed by atoms with Crippen molar-refractivity contribution >= 4 is 28.5 Å². The van der Waals surface area contributed by atoms with Crippen molar-refractivity contribution in [1.82, 2.24) is 15.8 Å². The number of benzene rings is 2. The van der Waals surface area contributed by atoms with Crippen LogP contribution in [0.3, 0.4) is 0 Å². The number of hydroxylamine groups is 1. The summed E-state index contributed by atoms with van der Waals surface area (Å²) in [6.07, 6.45) is 2.54. The molecular formula is C29H27N3O6. The van der Waals surface area contributed by atoms with Crippen molar-refractivity contribution in [2.75, 3.05) is 7.11 Å². The first-order valence-corrected chi connectivity index (χ1v) is 12.1. The number of carbonyl (C=O) groups excluding carboxylic acids is 2. The van der Waals surface area contributed by atoms with Crippen molar-refractivity contribution < 1.29 is 28.3 Å². The first kappa shape index (κ1) is 25.0. The minimum Gasteiger partial charge on any atom is -0.489 e. The molecule has 2 atom stereocenters. The van der Waals surface area contributed by atoms with Gasteiger partial charge < -0.3 is 19.2 Å². The lowest BCUT2D eigenvalue weighted by Gasteiger charge is -2.21. The lowest BCUT2D eigenvalue weighted by atomic mass is 10.0. The van der Waals surface area contributed by atoms with Crippen LogP contribution in [0.2, 0.25) is 0 Å². The molecule has 0 saturated heterocycles. The molecule has 9 nitrogen and oxygen atoms in total. The summed E-state index contributed by atoms with van der Waals surface area (Å²) in [6, 6.07) is 20.1. The molecule has 2 N–H and O–H groups in total. The van der Waals surface area contributed by atoms with E-state index < -0.39 is 24.0 Å². The van der Waals surface area contributed by atoms with E-state index >= 15 is 0 Å². The van der Waals surface area contributed by atoms with E-state index in [0.29, 0.717) is 12.3 Å². The first-order valence-electron chi connectivity index (χ1n) is 12.1. The molecule has 9 heteroatoms. The predicted octanol–water partition coefficient (Wildman–Crippen LogP) is 4.32. The highest BCUT2D eigenvalue weighted by Crippen LogP contribution is 2.25. The van der Waals surface area contributed by atoms with Crippen molar-refractivity contribution in [1.29, 1.82) is 0 Å². The number of hydrogen-bond donors (Lipinski definition) is 2. The predicted molar refractivity (Wildman–Crippen MR) is 140 cm³/mol. The van der Waals surface area contributed by atoms with E-state index in [1.165, 1.54) is 13.4 Å². The van der Waals surface area contributed by atoms with Crippen molar-refractivity contribution in [3.63, 3.8) is 0 Å². The van der Waals surface area contributed by atoms with Gasteiger partial charge in [0.2, 0.25) is 0 Å². The molecule has 3 heterocycles. The van der Waals surface area contributed by atoms with Gasteiger partial charge in [0, 0.05) is 16.6 Å². The number of nitrogens with one attached hydrogen (secondary N) is 2. The van der Waals surface area contributed by atoms with Crippen LogP contribution < -0.4 is 15.5 Å². The van der Waals surface area contributed by atoms with Crippen molar-refractivity contribution in [2.45, 2.75) is 32.1 Å². The van der Waals surface area contributed by atoms with Crippen molar-refractivity contribution in [2.24, 2.45) is 0 Å². The van der Waals surface area contributed by atoms with E-state index in [1.807, 2.05) is 67.6 Å². The van der Waals surface area contributed by atoms with Gasteiger partial charge in [-0.1, -0.05) is 18.2 Å². The molecule has 0 radical (unpaired) electrons. The Hall–Kier alpha value is -4.63. The molecule has 1 aliphatic heterocycles. The Bertz CT molecular complexity index is 1460. The van der Waals surface area contributed by atoms with Crippen LogP contribution in [0.5, 0.6) is 5.75 Å². The van der Waals surface area contributed by atoms with E-state index in [4.69, 9.17) is 18.7 Å². The zero-order valence-corrected chi connectivity index (χ0v) is 21.0. The Balaban J connectivity index is 1.26. The van der Waals surface area contributed by atoms with Crippen molar-refractivity contribution in [3.8, 4) is 5.75 Å². The molecule has 1 aliphatic rings. The van der Waals surface area contributed by atoms with Gasteiger partial charge in [-0.3, -0.25) is 24.9 Å². The van der Waals surface area contributed by atoms with E-state index in [9.17, 15) is 9.59 Å². The highest BCUT2D eigenvalue weighted by molar-refractivity contribution is 5.92. The molecule has 0 bridgehead atoms. The highest BCUT2D eigenvalue weighted by atomic mass is 16.7. The van der Waals surface area contributed by atoms with Gasteiger partial charge in [-0.2, -0.15) is 0 Å². The van der Waals surface area contributed by atoms with Crippen molar-refractivity contribution in [3.05, 3.63) is 102 Å². The number of aromatic nitrogens is 1. The number of rotatable bonds is 9. The smallest absolute Gasteiger partial charge is 0.307 e. The van der Waals surface area contributed by atoms with Gasteiger partial charge in [0.15, 0.2) is 5.76 Å². The maximum absolute atomic E-state index is 12.5. The average Bonchev–Trinajstić information content (AvgIpc) is 3.65. The van der Waals surface area contributed by atoms with Gasteiger partial charge in [-0.15, -0.1) is 0 Å². The largest absolute Gasteiger partial charge is 0.489 e. The Morgan fingerprint density at radius 1 is 1.11 bits per heavy atom. The van der Waals surface area contributed by atoms with Gasteiger partial charge in [-0.05, 0) is 67.1 Å². The molecule has 1 amide bonds. The molecule has 2 unspecified atom stereocenters. The van der Waals surface area contributed by atoms with Crippen LogP contribution in [-0.2, 0) is 21.0 Å². The third-order valence-electron chi connectivity index (χ3n) is 6.20. The second-order valence-corrected chi connectivity index (χ2v) is 8.86. The molecular weight excluding hydrogens is 486 g/mol. The summed E-state index contributed by atoms with van der Waals surface area (Å²) < 4.78 is 16.0. The number of carbonyl (C=O) groups is 2. The fraction of sp³-hybridized carbons (Fsp3) is 0.207. The third kappa shape index (κ3) is 5.68. The molecule has 0 saturated carbocycles. The maximum atomic E-state index is 12.5. The number of hydrogen-bond acceptors (Lipinski definition) is 8. The van der Waals surface area contributed by atoms with Gasteiger partial charge >= 0.3 is 5.97 Å². The molecule has 4 aromatic rings. The molecule has 5 rings (SSSR count). The monoisotopic (exact) mass is 513 g/mol. The zero-order chi connectivity index (χ0) is 26.5. The molecule has 2 aromatic heterocycles. The Labute approximate surface area is 219 Å². The fourth-order valence-corrected chi connectivity index (χ4v) is 4.28. The zero-order valence-electron chi connectivity index (χ0n) is 21.0. The molecule has 38 heavy (non-hydrogen) atoms. The quantitative estimate of drug-likeness (QED) is 0.318. The molecule has 0 spiro atoms. The number of ether oxygens (including phenoxy) is 2. The van der Waals surface area contributed by atoms with Gasteiger partial charge in [0.25, 0.3) is 5.91 Å². The Morgan fingerprint density at radius 3 is 2.68 bits per heavy atom. The number of pyridine rings is 1. The summed E-state index contributed by atoms with van der Waals surface area (Å²) in [5.74, 6) is -0.0648. The molecule has 194 valence electrons. The number of furan rings is 1. The molecule has 0 aliphatic carbocycles. The summed E-state index contributed by atoms with van der Waals surface area (Å²) in [7, 11) is 1.30. The van der Waals surface area contributed by atoms with Gasteiger partial charge in [0.05, 0.1) is 37.0 Å². The normalized spacial score (nSPS) is 15.4. The summed E-state index contributed by atoms with van der Waals surface area (Å²) in [5.41, 5.74) is 7.42. The minimum absolute atomic E-state index is 0.0744. The summed E-state index contributed by atoms with van der Waals surface area (Å²) >= 11 is 0. The molecule has 2 aromatic carbocycles. The van der Waals surface area contributed by atoms with Crippen LogP contribution in [0.15, 0.2) is 83.5 Å². The Kier molecular flexibility index (Phi) is 7.37. The highest BCUT2D eigenvalue weighted by Gasteiger charge is 2.31. The number of aryl methyl sites for hydroxylation is 1. The van der Waals surface area contributed by atoms with Crippen LogP contribution in [0.1, 0.15) is 33.8 Å². The van der Waals surface area contributed by atoms with Gasteiger partial charge in [-0.25, -0.2) is 0 Å². The number of amides is 1. The lowest BCUT2D eigenvalue weighted by Crippen LogP contribution is -2.44. The summed E-state index contributed by atoms with van der Waals surface area (Å²) in [6.45, 7) is 2.39. The van der Waals surface area contributed by atoms with Crippen LogP contribution in [-0.4, -0.2) is 36.1 Å². The van der Waals surface area contributed by atoms with Crippen LogP contribution in [0.4, 0.5) is 0 Å². The number of nitrogens with zero attached hydrogens (tertiary/aromatic N) is 1. The minimum atomic E-state index is -0.675. The lowest BCUT2D eigenvalue weighted by molar-refractivity contribution is -0.142. The Morgan fingerprint density at radius 2 is 1.92 bits per heavy atom. The number of esters is 1. The average molecular weight is 514 g/mol. The number of para-hydroxylation sites is 1. The summed E-state index contributed by atoms with van der Waals surface area (Å²) in [4.78, 5) is 34.8. The topological polar surface area (TPSA) is 112 Å². The number of fused-ring (bicyclic) bond motifs is 1. The van der Waals surface area contributed by atoms with Crippen LogP contribution in [0.25, 0.3) is 16.6 Å². The summed E-state index contributed by atoms with van der Waals surface area (Å²) in [5, 5.41) is 3.86. The van der Waals surface area contributed by atoms with Crippen LogP contribution >= 0.6 is 0 Å². The van der Waals surface area contributed by atoms with Gasteiger partial charge in [0.1, 0.15) is 18.5 Å². The van der Waals surface area contributed by atoms with E-state index in [0.717, 1.165) is 33.5 Å². The SMILES string of the molecule is COC(=O)CC(NC(=O)c1ccco1)C1C=C(c2ccc(OCc3cc(C)nc4ccccc34)cc2)NO1. The first-order chi connectivity index (χ1) is 18.5. The van der Waals surface area contributed by atoms with Crippen LogP contribution in [0, 0.1) is 6.92 Å².